The van der Waals surface area contributed by atoms with E-state index in [1.807, 2.05) is 30.3 Å². The third kappa shape index (κ3) is 6.72. The average Bonchev–Trinajstić information content (AvgIpc) is 3.24. The lowest BCUT2D eigenvalue weighted by Gasteiger charge is -2.36. The maximum absolute atomic E-state index is 13.0. The monoisotopic (exact) mass is 591 g/mol. The molecule has 0 aliphatic carbocycles. The second-order valence-corrected chi connectivity index (χ2v) is 10.9. The van der Waals surface area contributed by atoms with Crippen molar-refractivity contribution in [3.63, 3.8) is 0 Å². The number of ether oxygens (including phenoxy) is 1. The van der Waals surface area contributed by atoms with Crippen LogP contribution in [0.2, 0.25) is 5.02 Å². The quantitative estimate of drug-likeness (QED) is 0.365. The van der Waals surface area contributed by atoms with E-state index in [2.05, 4.69) is 4.90 Å². The summed E-state index contributed by atoms with van der Waals surface area (Å²) < 4.78 is 5.75. The molecule has 2 saturated heterocycles. The number of piperazine rings is 1. The van der Waals surface area contributed by atoms with Crippen LogP contribution < -0.4 is 9.64 Å². The Morgan fingerprint density at radius 3 is 2.41 bits per heavy atom. The van der Waals surface area contributed by atoms with Gasteiger partial charge in [0, 0.05) is 31.9 Å². The first-order valence-electron chi connectivity index (χ1n) is 12.9. The Morgan fingerprint density at radius 2 is 1.71 bits per heavy atom. The van der Waals surface area contributed by atoms with Crippen molar-refractivity contribution in [3.05, 3.63) is 99.4 Å². The van der Waals surface area contributed by atoms with Crippen LogP contribution in [0.4, 0.5) is 10.5 Å². The van der Waals surface area contributed by atoms with E-state index in [4.69, 9.17) is 21.4 Å². The first-order chi connectivity index (χ1) is 19.8. The topological polar surface area (TPSA) is 107 Å². The van der Waals surface area contributed by atoms with Gasteiger partial charge in [-0.2, -0.15) is 0 Å². The first kappa shape index (κ1) is 28.3. The van der Waals surface area contributed by atoms with E-state index in [1.165, 1.54) is 12.1 Å². The highest BCUT2D eigenvalue weighted by Gasteiger charge is 2.37. The largest absolute Gasteiger partial charge is 0.487 e. The van der Waals surface area contributed by atoms with Crippen LogP contribution >= 0.6 is 23.4 Å². The average molecular weight is 592 g/mol. The lowest BCUT2D eigenvalue weighted by Crippen LogP contribution is -2.51. The number of carbonyl (C=O) groups excluding carboxylic acids is 3. The van der Waals surface area contributed by atoms with Crippen LogP contribution in [0, 0.1) is 0 Å². The smallest absolute Gasteiger partial charge is 0.335 e. The van der Waals surface area contributed by atoms with Gasteiger partial charge < -0.3 is 19.6 Å². The van der Waals surface area contributed by atoms with Crippen molar-refractivity contribution in [1.29, 1.82) is 0 Å². The Kier molecular flexibility index (Phi) is 8.61. The maximum Gasteiger partial charge on any atom is 0.335 e. The molecule has 5 rings (SSSR count). The minimum Gasteiger partial charge on any atom is -0.487 e. The highest BCUT2D eigenvalue weighted by atomic mass is 35.5. The summed E-state index contributed by atoms with van der Waals surface area (Å²) in [5.74, 6) is -1.42. The molecule has 3 amide bonds. The Bertz CT molecular complexity index is 1520. The summed E-state index contributed by atoms with van der Waals surface area (Å²) in [4.78, 5) is 54.8. The van der Waals surface area contributed by atoms with Crippen LogP contribution in [-0.2, 0) is 16.2 Å². The number of benzene rings is 3. The number of hydrogen-bond acceptors (Lipinski definition) is 7. The molecule has 0 bridgehead atoms. The van der Waals surface area contributed by atoms with Crippen molar-refractivity contribution in [3.8, 4) is 5.75 Å². The number of carboxylic acids is 1. The van der Waals surface area contributed by atoms with Crippen LogP contribution in [0.5, 0.6) is 5.75 Å². The summed E-state index contributed by atoms with van der Waals surface area (Å²) in [5, 5.41) is 8.94. The molecular formula is C30H26ClN3O6S. The fraction of sp³-hybridized carbons (Fsp3) is 0.200. The van der Waals surface area contributed by atoms with Gasteiger partial charge in [0.05, 0.1) is 15.5 Å². The SMILES string of the molecule is O=C(O)c1cccc(COc2ccc(/C=C3/SC(=O)N(CC(=O)N4CCN(c5ccccc5)CC4)C3=O)cc2Cl)c1. The molecule has 0 saturated carbocycles. The van der Waals surface area contributed by atoms with Gasteiger partial charge in [-0.1, -0.05) is 48.0 Å². The summed E-state index contributed by atoms with van der Waals surface area (Å²) in [7, 11) is 0. The highest BCUT2D eigenvalue weighted by molar-refractivity contribution is 8.18. The van der Waals surface area contributed by atoms with Crippen molar-refractivity contribution in [2.24, 2.45) is 0 Å². The lowest BCUT2D eigenvalue weighted by molar-refractivity contribution is -0.136. The van der Waals surface area contributed by atoms with Gasteiger partial charge in [-0.3, -0.25) is 19.3 Å². The lowest BCUT2D eigenvalue weighted by atomic mass is 10.1. The van der Waals surface area contributed by atoms with Crippen molar-refractivity contribution in [2.75, 3.05) is 37.6 Å². The third-order valence-electron chi connectivity index (χ3n) is 6.74. The van der Waals surface area contributed by atoms with E-state index in [0.717, 1.165) is 22.3 Å². The summed E-state index contributed by atoms with van der Waals surface area (Å²) in [6, 6.07) is 21.3. The summed E-state index contributed by atoms with van der Waals surface area (Å²) >= 11 is 7.17. The van der Waals surface area contributed by atoms with Crippen LogP contribution in [0.25, 0.3) is 6.08 Å². The molecule has 11 heteroatoms. The number of para-hydroxylation sites is 1. The molecule has 210 valence electrons. The predicted molar refractivity (Wildman–Crippen MR) is 157 cm³/mol. The molecule has 1 N–H and O–H groups in total. The maximum atomic E-state index is 13.0. The number of anilines is 1. The summed E-state index contributed by atoms with van der Waals surface area (Å²) in [5.41, 5.74) is 2.52. The second-order valence-electron chi connectivity index (χ2n) is 9.46. The minimum atomic E-state index is -1.02. The fourth-order valence-electron chi connectivity index (χ4n) is 4.55. The Labute approximate surface area is 245 Å². The van der Waals surface area contributed by atoms with Crippen LogP contribution in [0.15, 0.2) is 77.7 Å². The Balaban J connectivity index is 1.17. The van der Waals surface area contributed by atoms with Crippen molar-refractivity contribution < 1.29 is 29.0 Å². The number of halogens is 1. The molecule has 0 unspecified atom stereocenters. The van der Waals surface area contributed by atoms with Gasteiger partial charge in [0.1, 0.15) is 18.9 Å². The molecule has 41 heavy (non-hydrogen) atoms. The van der Waals surface area contributed by atoms with Crippen LogP contribution in [0.3, 0.4) is 0 Å². The Hall–Kier alpha value is -4.28. The van der Waals surface area contributed by atoms with E-state index in [-0.39, 0.29) is 34.6 Å². The zero-order chi connectivity index (χ0) is 28.9. The van der Waals surface area contributed by atoms with Gasteiger partial charge in [-0.15, -0.1) is 0 Å². The molecule has 2 heterocycles. The number of hydrogen-bond donors (Lipinski definition) is 1. The van der Waals surface area contributed by atoms with Gasteiger partial charge in [0.2, 0.25) is 5.91 Å². The molecule has 2 aliphatic heterocycles. The number of rotatable bonds is 8. The second kappa shape index (κ2) is 12.5. The molecular weight excluding hydrogens is 566 g/mol. The zero-order valence-corrected chi connectivity index (χ0v) is 23.4. The summed E-state index contributed by atoms with van der Waals surface area (Å²) in [6.45, 7) is 2.19. The number of carboxylic acid groups (broad SMARTS) is 1. The van der Waals surface area contributed by atoms with Crippen LogP contribution in [0.1, 0.15) is 21.5 Å². The molecule has 0 spiro atoms. The zero-order valence-electron chi connectivity index (χ0n) is 21.9. The number of imide groups is 1. The van der Waals surface area contributed by atoms with E-state index in [1.54, 1.807) is 41.3 Å². The number of aromatic carboxylic acids is 1. The molecule has 2 fully saturated rings. The molecule has 0 atom stereocenters. The molecule has 3 aromatic carbocycles. The number of amides is 3. The third-order valence-corrected chi connectivity index (χ3v) is 7.95. The highest BCUT2D eigenvalue weighted by Crippen LogP contribution is 2.34. The normalized spacial score (nSPS) is 16.4. The standard InChI is InChI=1S/C30H26ClN3O6S/c31-24-16-20(9-10-25(24)40-19-21-5-4-6-22(15-21)29(37)38)17-26-28(36)34(30(39)41-26)18-27(35)33-13-11-32(12-14-33)23-7-2-1-3-8-23/h1-10,15-17H,11-14,18-19H2,(H,37,38)/b26-17+. The van der Waals surface area contributed by atoms with Gasteiger partial charge in [-0.25, -0.2) is 4.79 Å². The van der Waals surface area contributed by atoms with E-state index in [9.17, 15) is 19.2 Å². The van der Waals surface area contributed by atoms with Crippen molar-refractivity contribution >= 4 is 58.1 Å². The van der Waals surface area contributed by atoms with Crippen molar-refractivity contribution in [2.45, 2.75) is 6.61 Å². The summed E-state index contributed by atoms with van der Waals surface area (Å²) in [6.07, 6.45) is 1.56. The molecule has 9 nitrogen and oxygen atoms in total. The van der Waals surface area contributed by atoms with Gasteiger partial charge in [0.25, 0.3) is 11.1 Å². The Morgan fingerprint density at radius 1 is 0.951 bits per heavy atom. The molecule has 2 aliphatic rings. The molecule has 0 radical (unpaired) electrons. The van der Waals surface area contributed by atoms with Gasteiger partial charge in [0.15, 0.2) is 0 Å². The van der Waals surface area contributed by atoms with E-state index in [0.29, 0.717) is 43.1 Å². The van der Waals surface area contributed by atoms with Gasteiger partial charge in [-0.05, 0) is 65.4 Å². The number of carbonyl (C=O) groups is 4. The van der Waals surface area contributed by atoms with E-state index < -0.39 is 17.1 Å². The van der Waals surface area contributed by atoms with E-state index >= 15 is 0 Å². The number of thioether (sulfide) groups is 1. The molecule has 3 aromatic rings. The van der Waals surface area contributed by atoms with Gasteiger partial charge >= 0.3 is 5.97 Å². The number of nitrogens with zero attached hydrogens (tertiary/aromatic N) is 3. The van der Waals surface area contributed by atoms with Crippen LogP contribution in [-0.4, -0.2) is 70.7 Å². The first-order valence-corrected chi connectivity index (χ1v) is 14.1. The molecule has 0 aromatic heterocycles. The van der Waals surface area contributed by atoms with Crippen molar-refractivity contribution in [1.82, 2.24) is 9.80 Å². The minimum absolute atomic E-state index is 0.119. The fourth-order valence-corrected chi connectivity index (χ4v) is 5.64. The predicted octanol–water partition coefficient (Wildman–Crippen LogP) is 5.00.